The van der Waals surface area contributed by atoms with Crippen LogP contribution in [0.1, 0.15) is 78.1 Å². The fraction of sp³-hybridized carbons (Fsp3) is 1.00. The Kier molecular flexibility index (Phi) is 6.66. The second-order valence-corrected chi connectivity index (χ2v) is 6.71. The maximum absolute atomic E-state index is 3.77. The Hall–Kier alpha value is -0.0800. The third kappa shape index (κ3) is 4.75. The first-order valence-electron chi connectivity index (χ1n) is 8.83. The second kappa shape index (κ2) is 8.26. The zero-order valence-electron chi connectivity index (χ0n) is 13.2. The molecule has 2 heterocycles. The molecule has 2 nitrogen and oxygen atoms in total. The van der Waals surface area contributed by atoms with Crippen LogP contribution in [0.4, 0.5) is 0 Å². The first-order valence-corrected chi connectivity index (χ1v) is 8.83. The minimum absolute atomic E-state index is 0.836. The molecule has 1 N–H and O–H groups in total. The van der Waals surface area contributed by atoms with E-state index in [-0.39, 0.29) is 0 Å². The van der Waals surface area contributed by atoms with Crippen LogP contribution in [0.15, 0.2) is 0 Å². The molecule has 2 unspecified atom stereocenters. The first-order chi connectivity index (χ1) is 9.33. The molecule has 2 saturated heterocycles. The van der Waals surface area contributed by atoms with Gasteiger partial charge in [-0.15, -0.1) is 0 Å². The predicted octanol–water partition coefficient (Wildman–Crippen LogP) is 3.95. The van der Waals surface area contributed by atoms with Gasteiger partial charge in [0, 0.05) is 18.1 Å². The molecular weight excluding hydrogens is 232 g/mol. The van der Waals surface area contributed by atoms with Crippen LogP contribution in [-0.2, 0) is 0 Å². The molecule has 0 aliphatic carbocycles. The number of piperidine rings is 1. The van der Waals surface area contributed by atoms with Crippen molar-refractivity contribution in [3.63, 3.8) is 0 Å². The van der Waals surface area contributed by atoms with Crippen molar-refractivity contribution in [2.45, 2.75) is 96.2 Å². The summed E-state index contributed by atoms with van der Waals surface area (Å²) in [5.74, 6) is 0. The molecule has 112 valence electrons. The minimum atomic E-state index is 0.836. The van der Waals surface area contributed by atoms with Gasteiger partial charge in [0.1, 0.15) is 0 Å². The maximum atomic E-state index is 3.77. The highest BCUT2D eigenvalue weighted by atomic mass is 15.2. The highest BCUT2D eigenvalue weighted by Crippen LogP contribution is 2.30. The van der Waals surface area contributed by atoms with Crippen LogP contribution in [-0.4, -0.2) is 36.1 Å². The third-order valence-corrected chi connectivity index (χ3v) is 5.02. The summed E-state index contributed by atoms with van der Waals surface area (Å²) in [4.78, 5) is 2.82. The molecule has 19 heavy (non-hydrogen) atoms. The summed E-state index contributed by atoms with van der Waals surface area (Å²) in [5, 5.41) is 3.77. The smallest absolute Gasteiger partial charge is 0.0125 e. The average Bonchev–Trinajstić information content (AvgIpc) is 2.76. The van der Waals surface area contributed by atoms with Crippen molar-refractivity contribution in [3.8, 4) is 0 Å². The van der Waals surface area contributed by atoms with Crippen LogP contribution >= 0.6 is 0 Å². The quantitative estimate of drug-likeness (QED) is 0.636. The van der Waals surface area contributed by atoms with Crippen molar-refractivity contribution >= 4 is 0 Å². The number of nitrogens with zero attached hydrogens (tertiary/aromatic N) is 1. The molecule has 2 heteroatoms. The van der Waals surface area contributed by atoms with E-state index in [1.807, 2.05) is 0 Å². The van der Waals surface area contributed by atoms with Gasteiger partial charge in [0.25, 0.3) is 0 Å². The van der Waals surface area contributed by atoms with Crippen LogP contribution in [0.3, 0.4) is 0 Å². The van der Waals surface area contributed by atoms with Gasteiger partial charge >= 0.3 is 0 Å². The van der Waals surface area contributed by atoms with Crippen molar-refractivity contribution in [1.29, 1.82) is 0 Å². The Bertz CT molecular complexity index is 229. The number of hydrogen-bond acceptors (Lipinski definition) is 2. The molecule has 2 aliphatic rings. The van der Waals surface area contributed by atoms with Gasteiger partial charge in [0.2, 0.25) is 0 Å². The van der Waals surface area contributed by atoms with E-state index in [9.17, 15) is 0 Å². The summed E-state index contributed by atoms with van der Waals surface area (Å²) in [5.41, 5.74) is 0. The molecule has 2 bridgehead atoms. The van der Waals surface area contributed by atoms with E-state index in [2.05, 4.69) is 24.1 Å². The lowest BCUT2D eigenvalue weighted by atomic mass is 9.97. The van der Waals surface area contributed by atoms with E-state index in [1.165, 1.54) is 77.3 Å². The molecule has 0 radical (unpaired) electrons. The summed E-state index contributed by atoms with van der Waals surface area (Å²) in [7, 11) is 0. The molecular formula is C17H34N2. The standard InChI is InChI=1S/C17H34N2/c1-3-5-6-7-8-12-19(11-4-2)17-13-15-9-10-16(14-17)18-15/h15-18H,3-14H2,1-2H3. The lowest BCUT2D eigenvalue weighted by molar-refractivity contribution is 0.138. The molecule has 0 spiro atoms. The Morgan fingerprint density at radius 1 is 0.842 bits per heavy atom. The van der Waals surface area contributed by atoms with Gasteiger partial charge < -0.3 is 10.2 Å². The summed E-state index contributed by atoms with van der Waals surface area (Å²) in [6.07, 6.45) is 14.1. The van der Waals surface area contributed by atoms with E-state index in [4.69, 9.17) is 0 Å². The van der Waals surface area contributed by atoms with Crippen LogP contribution in [0.25, 0.3) is 0 Å². The van der Waals surface area contributed by atoms with E-state index in [0.717, 1.165) is 18.1 Å². The Morgan fingerprint density at radius 3 is 2.16 bits per heavy atom. The van der Waals surface area contributed by atoms with Gasteiger partial charge in [0.15, 0.2) is 0 Å². The van der Waals surface area contributed by atoms with Crippen LogP contribution < -0.4 is 5.32 Å². The average molecular weight is 266 g/mol. The molecule has 0 amide bonds. The summed E-state index contributed by atoms with van der Waals surface area (Å²) >= 11 is 0. The molecule has 0 saturated carbocycles. The van der Waals surface area contributed by atoms with Gasteiger partial charge in [-0.3, -0.25) is 0 Å². The van der Waals surface area contributed by atoms with E-state index >= 15 is 0 Å². The normalized spacial score (nSPS) is 30.2. The molecule has 0 aromatic carbocycles. The predicted molar refractivity (Wildman–Crippen MR) is 83.6 cm³/mol. The van der Waals surface area contributed by atoms with Crippen molar-refractivity contribution in [3.05, 3.63) is 0 Å². The number of nitrogens with one attached hydrogen (secondary N) is 1. The van der Waals surface area contributed by atoms with Gasteiger partial charge in [-0.05, 0) is 51.6 Å². The van der Waals surface area contributed by atoms with E-state index in [1.54, 1.807) is 0 Å². The zero-order chi connectivity index (χ0) is 13.5. The van der Waals surface area contributed by atoms with Crippen LogP contribution in [0.2, 0.25) is 0 Å². The number of unbranched alkanes of at least 4 members (excludes halogenated alkanes) is 4. The largest absolute Gasteiger partial charge is 0.311 e. The fourth-order valence-electron chi connectivity index (χ4n) is 4.01. The topological polar surface area (TPSA) is 15.3 Å². The van der Waals surface area contributed by atoms with Gasteiger partial charge in [-0.2, -0.15) is 0 Å². The lowest BCUT2D eigenvalue weighted by Gasteiger charge is -2.38. The van der Waals surface area contributed by atoms with Crippen LogP contribution in [0.5, 0.6) is 0 Å². The Balaban J connectivity index is 1.72. The fourth-order valence-corrected chi connectivity index (χ4v) is 4.01. The highest BCUT2D eigenvalue weighted by Gasteiger charge is 2.35. The minimum Gasteiger partial charge on any atom is -0.311 e. The summed E-state index contributed by atoms with van der Waals surface area (Å²) in [6, 6.07) is 2.55. The van der Waals surface area contributed by atoms with Gasteiger partial charge in [-0.25, -0.2) is 0 Å². The van der Waals surface area contributed by atoms with E-state index < -0.39 is 0 Å². The number of rotatable bonds is 9. The number of hydrogen-bond donors (Lipinski definition) is 1. The van der Waals surface area contributed by atoms with Crippen molar-refractivity contribution in [1.82, 2.24) is 10.2 Å². The molecule has 2 aliphatic heterocycles. The van der Waals surface area contributed by atoms with Crippen molar-refractivity contribution in [2.24, 2.45) is 0 Å². The van der Waals surface area contributed by atoms with Gasteiger partial charge in [-0.1, -0.05) is 39.5 Å². The highest BCUT2D eigenvalue weighted by molar-refractivity contribution is 4.95. The number of fused-ring (bicyclic) bond motifs is 2. The second-order valence-electron chi connectivity index (χ2n) is 6.71. The monoisotopic (exact) mass is 266 g/mol. The SMILES string of the molecule is CCCCCCCN(CCC)C1CC2CCC(C1)N2. The van der Waals surface area contributed by atoms with E-state index in [0.29, 0.717) is 0 Å². The first kappa shape index (κ1) is 15.3. The molecule has 0 aromatic rings. The van der Waals surface area contributed by atoms with Crippen molar-refractivity contribution in [2.75, 3.05) is 13.1 Å². The lowest BCUT2D eigenvalue weighted by Crippen LogP contribution is -2.48. The molecule has 2 fully saturated rings. The molecule has 2 atom stereocenters. The van der Waals surface area contributed by atoms with Gasteiger partial charge in [0.05, 0.1) is 0 Å². The van der Waals surface area contributed by atoms with Crippen LogP contribution in [0, 0.1) is 0 Å². The Labute approximate surface area is 120 Å². The summed E-state index contributed by atoms with van der Waals surface area (Å²) < 4.78 is 0. The maximum Gasteiger partial charge on any atom is 0.0125 e. The Morgan fingerprint density at radius 2 is 1.53 bits per heavy atom. The molecule has 0 aromatic heterocycles. The molecule has 2 rings (SSSR count). The van der Waals surface area contributed by atoms with Crippen molar-refractivity contribution < 1.29 is 0 Å². The zero-order valence-corrected chi connectivity index (χ0v) is 13.2. The third-order valence-electron chi connectivity index (χ3n) is 5.02. The summed E-state index contributed by atoms with van der Waals surface area (Å²) in [6.45, 7) is 7.30.